The van der Waals surface area contributed by atoms with Gasteiger partial charge in [-0.25, -0.2) is 14.6 Å². The molecular formula is C17H13ClN6S. The number of halogens is 1. The van der Waals surface area contributed by atoms with E-state index in [4.69, 9.17) is 11.6 Å². The second kappa shape index (κ2) is 7.16. The SMILES string of the molecule is Clc1ccc(Cn2nnc3c(SCc4cccnc4)ncnc32)cc1. The number of benzene rings is 1. The van der Waals surface area contributed by atoms with Crippen LogP contribution in [0.25, 0.3) is 11.2 Å². The van der Waals surface area contributed by atoms with Crippen molar-refractivity contribution in [1.82, 2.24) is 29.9 Å². The molecule has 0 amide bonds. The molecule has 25 heavy (non-hydrogen) atoms. The van der Waals surface area contributed by atoms with E-state index in [1.54, 1.807) is 29.0 Å². The van der Waals surface area contributed by atoms with Crippen LogP contribution in [0.1, 0.15) is 11.1 Å². The van der Waals surface area contributed by atoms with E-state index in [-0.39, 0.29) is 0 Å². The van der Waals surface area contributed by atoms with Crippen molar-refractivity contribution in [2.24, 2.45) is 0 Å². The topological polar surface area (TPSA) is 69.4 Å². The Morgan fingerprint density at radius 3 is 2.72 bits per heavy atom. The quantitative estimate of drug-likeness (QED) is 0.396. The summed E-state index contributed by atoms with van der Waals surface area (Å²) in [5.41, 5.74) is 3.65. The minimum atomic E-state index is 0.581. The van der Waals surface area contributed by atoms with E-state index in [2.05, 4.69) is 25.3 Å². The summed E-state index contributed by atoms with van der Waals surface area (Å²) in [6.07, 6.45) is 5.16. The van der Waals surface area contributed by atoms with Crippen molar-refractivity contribution in [3.05, 3.63) is 71.3 Å². The largest absolute Gasteiger partial charge is 0.264 e. The Kier molecular flexibility index (Phi) is 4.58. The summed E-state index contributed by atoms with van der Waals surface area (Å²) >= 11 is 7.53. The molecule has 3 aromatic heterocycles. The van der Waals surface area contributed by atoms with Crippen LogP contribution >= 0.6 is 23.4 Å². The molecule has 0 aliphatic carbocycles. The second-order valence-corrected chi connectivity index (χ2v) is 6.78. The van der Waals surface area contributed by atoms with Crippen LogP contribution in [0, 0.1) is 0 Å². The molecule has 4 aromatic rings. The van der Waals surface area contributed by atoms with Gasteiger partial charge in [0.05, 0.1) is 6.54 Å². The molecule has 124 valence electrons. The molecule has 0 fully saturated rings. The van der Waals surface area contributed by atoms with Crippen molar-refractivity contribution in [2.45, 2.75) is 17.3 Å². The van der Waals surface area contributed by atoms with Gasteiger partial charge in [-0.15, -0.1) is 5.10 Å². The molecule has 0 aliphatic rings. The third-order valence-corrected chi connectivity index (χ3v) is 4.91. The maximum atomic E-state index is 5.93. The van der Waals surface area contributed by atoms with E-state index < -0.39 is 0 Å². The highest BCUT2D eigenvalue weighted by Crippen LogP contribution is 2.25. The second-order valence-electron chi connectivity index (χ2n) is 5.37. The first-order valence-electron chi connectivity index (χ1n) is 7.60. The van der Waals surface area contributed by atoms with Crippen LogP contribution in [0.5, 0.6) is 0 Å². The number of hydrogen-bond donors (Lipinski definition) is 0. The molecule has 0 atom stereocenters. The van der Waals surface area contributed by atoms with Crippen LogP contribution in [0.4, 0.5) is 0 Å². The predicted octanol–water partition coefficient (Wildman–Crippen LogP) is 3.61. The predicted molar refractivity (Wildman–Crippen MR) is 97.5 cm³/mol. The number of aromatic nitrogens is 6. The lowest BCUT2D eigenvalue weighted by Gasteiger charge is -2.03. The lowest BCUT2D eigenvalue weighted by Crippen LogP contribution is -2.03. The number of rotatable bonds is 5. The fourth-order valence-corrected chi connectivity index (χ4v) is 3.37. The summed E-state index contributed by atoms with van der Waals surface area (Å²) in [5.74, 6) is 0.768. The lowest BCUT2D eigenvalue weighted by molar-refractivity contribution is 0.664. The van der Waals surface area contributed by atoms with Crippen molar-refractivity contribution in [1.29, 1.82) is 0 Å². The minimum absolute atomic E-state index is 0.581. The molecule has 4 rings (SSSR count). The maximum Gasteiger partial charge on any atom is 0.183 e. The highest BCUT2D eigenvalue weighted by Gasteiger charge is 2.12. The number of fused-ring (bicyclic) bond motifs is 1. The van der Waals surface area contributed by atoms with Gasteiger partial charge >= 0.3 is 0 Å². The van der Waals surface area contributed by atoms with Crippen LogP contribution in [0.15, 0.2) is 60.1 Å². The zero-order valence-electron chi connectivity index (χ0n) is 13.1. The fraction of sp³-hybridized carbons (Fsp3) is 0.118. The molecule has 0 spiro atoms. The smallest absolute Gasteiger partial charge is 0.183 e. The molecule has 3 heterocycles. The van der Waals surface area contributed by atoms with Gasteiger partial charge in [-0.2, -0.15) is 0 Å². The fourth-order valence-electron chi connectivity index (χ4n) is 2.38. The van der Waals surface area contributed by atoms with Crippen LogP contribution in [-0.2, 0) is 12.3 Å². The van der Waals surface area contributed by atoms with E-state index in [0.717, 1.165) is 27.6 Å². The minimum Gasteiger partial charge on any atom is -0.264 e. The highest BCUT2D eigenvalue weighted by molar-refractivity contribution is 7.98. The highest BCUT2D eigenvalue weighted by atomic mass is 35.5. The van der Waals surface area contributed by atoms with Gasteiger partial charge in [0, 0.05) is 23.2 Å². The van der Waals surface area contributed by atoms with Crippen molar-refractivity contribution < 1.29 is 0 Å². The van der Waals surface area contributed by atoms with Gasteiger partial charge in [-0.05, 0) is 29.3 Å². The standard InChI is InChI=1S/C17H13ClN6S/c18-14-5-3-12(4-6-14)9-24-16-15(22-23-24)17(21-11-20-16)25-10-13-2-1-7-19-8-13/h1-8,11H,9-10H2. The molecule has 0 aliphatic heterocycles. The monoisotopic (exact) mass is 368 g/mol. The van der Waals surface area contributed by atoms with E-state index in [1.165, 1.54) is 0 Å². The van der Waals surface area contributed by atoms with Crippen molar-refractivity contribution >= 4 is 34.5 Å². The summed E-state index contributed by atoms with van der Waals surface area (Å²) in [7, 11) is 0. The Labute approximate surface area is 153 Å². The first kappa shape index (κ1) is 16.0. The van der Waals surface area contributed by atoms with Gasteiger partial charge in [0.15, 0.2) is 11.2 Å². The molecule has 0 N–H and O–H groups in total. The zero-order chi connectivity index (χ0) is 17.1. The average molecular weight is 369 g/mol. The van der Waals surface area contributed by atoms with Crippen LogP contribution in [0.3, 0.4) is 0 Å². The molecular weight excluding hydrogens is 356 g/mol. The third kappa shape index (κ3) is 3.62. The lowest BCUT2D eigenvalue weighted by atomic mass is 10.2. The van der Waals surface area contributed by atoms with E-state index in [9.17, 15) is 0 Å². The molecule has 6 nitrogen and oxygen atoms in total. The van der Waals surface area contributed by atoms with E-state index >= 15 is 0 Å². The molecule has 0 saturated heterocycles. The van der Waals surface area contributed by atoms with Crippen LogP contribution in [-0.4, -0.2) is 29.9 Å². The van der Waals surface area contributed by atoms with Gasteiger partial charge in [-0.3, -0.25) is 4.98 Å². The third-order valence-electron chi connectivity index (χ3n) is 3.61. The number of pyridine rings is 1. The summed E-state index contributed by atoms with van der Waals surface area (Å²) in [5, 5.41) is 10.0. The normalized spacial score (nSPS) is 11.1. The maximum absolute atomic E-state index is 5.93. The summed E-state index contributed by atoms with van der Waals surface area (Å²) in [6.45, 7) is 0.581. The van der Waals surface area contributed by atoms with Gasteiger partial charge in [0.25, 0.3) is 0 Å². The van der Waals surface area contributed by atoms with Gasteiger partial charge in [0.1, 0.15) is 11.4 Å². The Hall–Kier alpha value is -2.51. The first-order valence-corrected chi connectivity index (χ1v) is 8.96. The number of nitrogens with zero attached hydrogens (tertiary/aromatic N) is 6. The van der Waals surface area contributed by atoms with E-state index in [1.807, 2.05) is 42.6 Å². The zero-order valence-corrected chi connectivity index (χ0v) is 14.7. The first-order chi connectivity index (χ1) is 12.3. The van der Waals surface area contributed by atoms with Gasteiger partial charge in [-0.1, -0.05) is 46.8 Å². The summed E-state index contributed by atoms with van der Waals surface area (Å²) < 4.78 is 1.77. The molecule has 0 bridgehead atoms. The van der Waals surface area contributed by atoms with Gasteiger partial charge < -0.3 is 0 Å². The van der Waals surface area contributed by atoms with Crippen LogP contribution in [0.2, 0.25) is 5.02 Å². The Morgan fingerprint density at radius 1 is 1.04 bits per heavy atom. The molecule has 8 heteroatoms. The molecule has 0 radical (unpaired) electrons. The van der Waals surface area contributed by atoms with Gasteiger partial charge in [0.2, 0.25) is 0 Å². The number of thioether (sulfide) groups is 1. The van der Waals surface area contributed by atoms with Crippen LogP contribution < -0.4 is 0 Å². The Balaban J connectivity index is 1.58. The van der Waals surface area contributed by atoms with Crippen molar-refractivity contribution in [3.63, 3.8) is 0 Å². The van der Waals surface area contributed by atoms with E-state index in [0.29, 0.717) is 17.1 Å². The Bertz CT molecular complexity index is 987. The molecule has 1 aromatic carbocycles. The summed E-state index contributed by atoms with van der Waals surface area (Å²) in [4.78, 5) is 12.8. The average Bonchev–Trinajstić information content (AvgIpc) is 3.06. The summed E-state index contributed by atoms with van der Waals surface area (Å²) in [6, 6.07) is 11.6. The Morgan fingerprint density at radius 2 is 1.92 bits per heavy atom. The van der Waals surface area contributed by atoms with Crippen molar-refractivity contribution in [3.8, 4) is 0 Å². The molecule has 0 saturated carbocycles. The molecule has 0 unspecified atom stereocenters. The van der Waals surface area contributed by atoms with Crippen molar-refractivity contribution in [2.75, 3.05) is 0 Å². The number of hydrogen-bond acceptors (Lipinski definition) is 6.